The SMILES string of the molecule is O=C(Nc1cc(Cl)ccc1Cl)c1cc2n(n1)[C@@H](C(F)(F)F)C[C@@H](c1ccc3c(c1)OCO3)N2. The molecule has 0 radical (unpaired) electrons. The molecule has 0 fully saturated rings. The van der Waals surface area contributed by atoms with Gasteiger partial charge in [-0.1, -0.05) is 29.3 Å². The van der Waals surface area contributed by atoms with Gasteiger partial charge < -0.3 is 20.1 Å². The molecular formula is C21H15Cl2F3N4O3. The van der Waals surface area contributed by atoms with Crippen LogP contribution < -0.4 is 20.1 Å². The molecule has 0 spiro atoms. The third kappa shape index (κ3) is 4.16. The molecule has 0 saturated heterocycles. The summed E-state index contributed by atoms with van der Waals surface area (Å²) in [5.74, 6) is 0.345. The molecule has 12 heteroatoms. The van der Waals surface area contributed by atoms with Gasteiger partial charge in [0.25, 0.3) is 5.91 Å². The normalized spacial score (nSPS) is 19.1. The Bertz CT molecular complexity index is 1250. The third-order valence-corrected chi connectivity index (χ3v) is 5.96. The molecule has 2 N–H and O–H groups in total. The quantitative estimate of drug-likeness (QED) is 0.474. The summed E-state index contributed by atoms with van der Waals surface area (Å²) in [6.07, 6.45) is -4.90. The van der Waals surface area contributed by atoms with E-state index in [0.717, 1.165) is 4.68 Å². The Morgan fingerprint density at radius 2 is 1.91 bits per heavy atom. The minimum atomic E-state index is -4.58. The first-order valence-electron chi connectivity index (χ1n) is 9.78. The number of hydrogen-bond donors (Lipinski definition) is 2. The molecule has 0 aliphatic carbocycles. The lowest BCUT2D eigenvalue weighted by atomic mass is 9.96. The maximum Gasteiger partial charge on any atom is 0.410 e. The predicted octanol–water partition coefficient (Wildman–Crippen LogP) is 5.83. The highest BCUT2D eigenvalue weighted by Crippen LogP contribution is 2.45. The average Bonchev–Trinajstić information content (AvgIpc) is 3.41. The zero-order valence-electron chi connectivity index (χ0n) is 16.6. The lowest BCUT2D eigenvalue weighted by molar-refractivity contribution is -0.173. The molecule has 2 aromatic carbocycles. The van der Waals surface area contributed by atoms with Gasteiger partial charge in [0, 0.05) is 17.5 Å². The molecule has 1 aromatic heterocycles. The van der Waals surface area contributed by atoms with Crippen LogP contribution in [0, 0.1) is 0 Å². The van der Waals surface area contributed by atoms with Gasteiger partial charge in [0.2, 0.25) is 6.79 Å². The Balaban J connectivity index is 1.45. The van der Waals surface area contributed by atoms with Gasteiger partial charge >= 0.3 is 6.18 Å². The number of hydrogen-bond acceptors (Lipinski definition) is 5. The lowest BCUT2D eigenvalue weighted by Crippen LogP contribution is -2.35. The van der Waals surface area contributed by atoms with E-state index >= 15 is 0 Å². The van der Waals surface area contributed by atoms with Gasteiger partial charge in [-0.15, -0.1) is 0 Å². The molecule has 2 aliphatic rings. The number of carbonyl (C=O) groups excluding carboxylic acids is 1. The van der Waals surface area contributed by atoms with Crippen molar-refractivity contribution < 1.29 is 27.4 Å². The molecule has 2 atom stereocenters. The zero-order valence-corrected chi connectivity index (χ0v) is 18.1. The Morgan fingerprint density at radius 1 is 1.12 bits per heavy atom. The molecular weight excluding hydrogens is 484 g/mol. The number of carbonyl (C=O) groups is 1. The van der Waals surface area contributed by atoms with Crippen molar-refractivity contribution in [2.45, 2.75) is 24.7 Å². The summed E-state index contributed by atoms with van der Waals surface area (Å²) < 4.78 is 53.1. The van der Waals surface area contributed by atoms with Gasteiger partial charge in [-0.3, -0.25) is 4.79 Å². The van der Waals surface area contributed by atoms with Gasteiger partial charge in [0.05, 0.1) is 16.8 Å². The van der Waals surface area contributed by atoms with Crippen LogP contribution in [0.1, 0.15) is 34.6 Å². The van der Waals surface area contributed by atoms with E-state index in [4.69, 9.17) is 32.7 Å². The Labute approximate surface area is 195 Å². The van der Waals surface area contributed by atoms with E-state index in [-0.39, 0.29) is 35.4 Å². The van der Waals surface area contributed by atoms with Crippen molar-refractivity contribution in [3.8, 4) is 11.5 Å². The maximum atomic E-state index is 13.9. The van der Waals surface area contributed by atoms with Crippen molar-refractivity contribution in [3.63, 3.8) is 0 Å². The predicted molar refractivity (Wildman–Crippen MR) is 115 cm³/mol. The van der Waals surface area contributed by atoms with Crippen molar-refractivity contribution in [1.82, 2.24) is 9.78 Å². The van der Waals surface area contributed by atoms with Gasteiger partial charge in [-0.2, -0.15) is 18.3 Å². The smallest absolute Gasteiger partial charge is 0.410 e. The second-order valence-electron chi connectivity index (χ2n) is 7.54. The highest BCUT2D eigenvalue weighted by atomic mass is 35.5. The fraction of sp³-hybridized carbons (Fsp3) is 0.238. The van der Waals surface area contributed by atoms with Gasteiger partial charge in [0.1, 0.15) is 5.82 Å². The number of benzene rings is 2. The number of anilines is 2. The highest BCUT2D eigenvalue weighted by Gasteiger charge is 2.47. The van der Waals surface area contributed by atoms with E-state index in [9.17, 15) is 18.0 Å². The number of amides is 1. The summed E-state index contributed by atoms with van der Waals surface area (Å²) in [5, 5.41) is 10.1. The molecule has 3 heterocycles. The van der Waals surface area contributed by atoms with Crippen LogP contribution in [0.25, 0.3) is 0 Å². The van der Waals surface area contributed by atoms with Crippen LogP contribution in [-0.2, 0) is 0 Å². The number of nitrogens with zero attached hydrogens (tertiary/aromatic N) is 2. The molecule has 2 aliphatic heterocycles. The average molecular weight is 499 g/mol. The number of fused-ring (bicyclic) bond motifs is 2. The number of aromatic nitrogens is 2. The minimum absolute atomic E-state index is 0.0595. The highest BCUT2D eigenvalue weighted by molar-refractivity contribution is 6.35. The third-order valence-electron chi connectivity index (χ3n) is 5.40. The van der Waals surface area contributed by atoms with Crippen molar-refractivity contribution in [2.75, 3.05) is 17.4 Å². The fourth-order valence-corrected chi connectivity index (χ4v) is 4.15. The lowest BCUT2D eigenvalue weighted by Gasteiger charge is -2.33. The summed E-state index contributed by atoms with van der Waals surface area (Å²) in [5.41, 5.74) is 0.616. The molecule has 5 rings (SSSR count). The first kappa shape index (κ1) is 21.7. The van der Waals surface area contributed by atoms with Crippen molar-refractivity contribution in [2.24, 2.45) is 0 Å². The first-order chi connectivity index (χ1) is 15.7. The van der Waals surface area contributed by atoms with E-state index in [0.29, 0.717) is 22.1 Å². The molecule has 0 bridgehead atoms. The van der Waals surface area contributed by atoms with E-state index in [1.807, 2.05) is 0 Å². The van der Waals surface area contributed by atoms with Crippen LogP contribution in [-0.4, -0.2) is 28.7 Å². The summed E-state index contributed by atoms with van der Waals surface area (Å²) >= 11 is 12.0. The monoisotopic (exact) mass is 498 g/mol. The number of rotatable bonds is 3. The maximum absolute atomic E-state index is 13.9. The Hall–Kier alpha value is -3.11. The van der Waals surface area contributed by atoms with E-state index in [1.54, 1.807) is 24.3 Å². The number of ether oxygens (including phenoxy) is 2. The topological polar surface area (TPSA) is 77.4 Å². The second-order valence-corrected chi connectivity index (χ2v) is 8.38. The Morgan fingerprint density at radius 3 is 2.70 bits per heavy atom. The zero-order chi connectivity index (χ0) is 23.3. The summed E-state index contributed by atoms with van der Waals surface area (Å²) in [6, 6.07) is 8.11. The molecule has 1 amide bonds. The Kier molecular flexibility index (Phi) is 5.29. The van der Waals surface area contributed by atoms with E-state index in [2.05, 4.69) is 15.7 Å². The van der Waals surface area contributed by atoms with Crippen LogP contribution in [0.15, 0.2) is 42.5 Å². The number of alkyl halides is 3. The van der Waals surface area contributed by atoms with Crippen molar-refractivity contribution in [3.05, 3.63) is 63.8 Å². The van der Waals surface area contributed by atoms with Crippen molar-refractivity contribution >= 4 is 40.6 Å². The van der Waals surface area contributed by atoms with Gasteiger partial charge in [-0.05, 0) is 35.9 Å². The molecule has 33 heavy (non-hydrogen) atoms. The largest absolute Gasteiger partial charge is 0.454 e. The van der Waals surface area contributed by atoms with Gasteiger partial charge in [0.15, 0.2) is 23.2 Å². The van der Waals surface area contributed by atoms with Crippen LogP contribution in [0.2, 0.25) is 10.0 Å². The van der Waals surface area contributed by atoms with Crippen LogP contribution in [0.5, 0.6) is 11.5 Å². The van der Waals surface area contributed by atoms with Crippen LogP contribution in [0.3, 0.4) is 0 Å². The standard InChI is InChI=1S/C21H15Cl2F3N4O3/c22-11-2-3-12(23)14(6-11)28-20(31)15-8-19-27-13(7-18(21(24,25)26)30(19)29-15)10-1-4-16-17(5-10)33-9-32-16/h1-6,8,13,18,27H,7,9H2,(H,28,31)/t13-,18+/m0/s1. The van der Waals surface area contributed by atoms with E-state index in [1.165, 1.54) is 18.2 Å². The molecule has 7 nitrogen and oxygen atoms in total. The summed E-state index contributed by atoms with van der Waals surface area (Å²) in [6.45, 7) is 0.0595. The van der Waals surface area contributed by atoms with Crippen LogP contribution in [0.4, 0.5) is 24.7 Å². The fourth-order valence-electron chi connectivity index (χ4n) is 3.81. The van der Waals surface area contributed by atoms with Crippen molar-refractivity contribution in [1.29, 1.82) is 0 Å². The molecule has 172 valence electrons. The van der Waals surface area contributed by atoms with Gasteiger partial charge in [-0.25, -0.2) is 4.68 Å². The second kappa shape index (κ2) is 8.03. The van der Waals surface area contributed by atoms with E-state index < -0.39 is 24.2 Å². The molecule has 0 saturated carbocycles. The minimum Gasteiger partial charge on any atom is -0.454 e. The molecule has 0 unspecified atom stereocenters. The molecule has 3 aromatic rings. The summed E-state index contributed by atoms with van der Waals surface area (Å²) in [4.78, 5) is 12.7. The summed E-state index contributed by atoms with van der Waals surface area (Å²) in [7, 11) is 0. The number of halogens is 5. The number of nitrogens with one attached hydrogen (secondary N) is 2. The first-order valence-corrected chi connectivity index (χ1v) is 10.5. The van der Waals surface area contributed by atoms with Crippen LogP contribution >= 0.6 is 23.2 Å².